The highest BCUT2D eigenvalue weighted by Gasteiger charge is 2.23. The van der Waals surface area contributed by atoms with Crippen LogP contribution in [0, 0.1) is 0 Å². The van der Waals surface area contributed by atoms with Crippen LogP contribution in [0.3, 0.4) is 0 Å². The molecule has 5 rings (SSSR count). The summed E-state index contributed by atoms with van der Waals surface area (Å²) in [5, 5.41) is 6.66. The zero-order chi connectivity index (χ0) is 26.0. The van der Waals surface area contributed by atoms with Crippen molar-refractivity contribution in [1.82, 2.24) is 15.3 Å². The molecule has 2 heterocycles. The fourth-order valence-electron chi connectivity index (χ4n) is 5.55. The maximum atomic E-state index is 5.81. The fraction of sp³-hybridized carbons (Fsp3) is 0.469. The molecule has 6 nitrogen and oxygen atoms in total. The lowest BCUT2D eigenvalue weighted by molar-refractivity contribution is 0.150. The van der Waals surface area contributed by atoms with E-state index in [1.54, 1.807) is 0 Å². The summed E-state index contributed by atoms with van der Waals surface area (Å²) in [7, 11) is 0. The van der Waals surface area contributed by atoms with E-state index in [9.17, 15) is 0 Å². The number of guanidine groups is 1. The van der Waals surface area contributed by atoms with Crippen LogP contribution in [0.15, 0.2) is 59.6 Å². The molecule has 0 spiro atoms. The van der Waals surface area contributed by atoms with Gasteiger partial charge in [-0.05, 0) is 63.1 Å². The molecule has 200 valence electrons. The van der Waals surface area contributed by atoms with E-state index < -0.39 is 0 Å². The number of aromatic nitrogens is 2. The van der Waals surface area contributed by atoms with E-state index in [0.717, 1.165) is 74.1 Å². The first-order valence-corrected chi connectivity index (χ1v) is 14.5. The second-order valence-electron chi connectivity index (χ2n) is 10.3. The van der Waals surface area contributed by atoms with E-state index in [2.05, 4.69) is 77.1 Å². The Bertz CT molecular complexity index is 1190. The minimum atomic E-state index is 0.462. The SMILES string of the molecule is CCOCCc1c(CCCc2ccccc2)nc(C2CCCCC2)nc1-c1ccc(NC2=NCCN2)cc1. The molecule has 0 radical (unpaired) electrons. The second kappa shape index (κ2) is 13.5. The average molecular weight is 512 g/mol. The summed E-state index contributed by atoms with van der Waals surface area (Å²) in [4.78, 5) is 15.0. The average Bonchev–Trinajstić information content (AvgIpc) is 3.48. The molecule has 2 aromatic carbocycles. The van der Waals surface area contributed by atoms with Crippen LogP contribution in [0.5, 0.6) is 0 Å². The Balaban J connectivity index is 1.46. The van der Waals surface area contributed by atoms with Gasteiger partial charge in [0.1, 0.15) is 5.82 Å². The predicted octanol–water partition coefficient (Wildman–Crippen LogP) is 6.32. The lowest BCUT2D eigenvalue weighted by Gasteiger charge is -2.23. The van der Waals surface area contributed by atoms with Gasteiger partial charge in [-0.1, -0.05) is 61.7 Å². The molecular formula is C32H41N5O. The summed E-state index contributed by atoms with van der Waals surface area (Å²) >= 11 is 0. The summed E-state index contributed by atoms with van der Waals surface area (Å²) in [6.07, 6.45) is 10.2. The summed E-state index contributed by atoms with van der Waals surface area (Å²) in [6.45, 7) is 5.17. The smallest absolute Gasteiger partial charge is 0.195 e. The summed E-state index contributed by atoms with van der Waals surface area (Å²) in [5.41, 5.74) is 7.09. The molecule has 6 heteroatoms. The molecule has 0 amide bonds. The van der Waals surface area contributed by atoms with Crippen LogP contribution in [0.25, 0.3) is 11.3 Å². The normalized spacial score (nSPS) is 15.8. The van der Waals surface area contributed by atoms with Gasteiger partial charge in [0, 0.05) is 41.6 Å². The molecule has 0 saturated heterocycles. The van der Waals surface area contributed by atoms with Crippen LogP contribution < -0.4 is 10.6 Å². The van der Waals surface area contributed by atoms with Crippen molar-refractivity contribution < 1.29 is 4.74 Å². The number of benzene rings is 2. The molecule has 1 aromatic heterocycles. The van der Waals surface area contributed by atoms with Crippen molar-refractivity contribution in [1.29, 1.82) is 0 Å². The minimum Gasteiger partial charge on any atom is -0.381 e. The van der Waals surface area contributed by atoms with Gasteiger partial charge in [0.2, 0.25) is 0 Å². The standard InChI is InChI=1S/C32H41N5O/c1-2-38-23-20-28-29(15-9-12-24-10-5-3-6-11-24)36-31(26-13-7-4-8-14-26)37-30(28)25-16-18-27(19-17-25)35-32-33-21-22-34-32/h3,5-6,10-11,16-19,26H,2,4,7-9,12-15,20-23H2,1H3,(H2,33,34,35). The molecule has 1 saturated carbocycles. The van der Waals surface area contributed by atoms with Crippen molar-refractivity contribution in [3.05, 3.63) is 77.2 Å². The Morgan fingerprint density at radius 2 is 1.74 bits per heavy atom. The van der Waals surface area contributed by atoms with Crippen molar-refractivity contribution >= 4 is 11.6 Å². The Kier molecular flexibility index (Phi) is 9.38. The maximum absolute atomic E-state index is 5.81. The van der Waals surface area contributed by atoms with Gasteiger partial charge < -0.3 is 15.4 Å². The van der Waals surface area contributed by atoms with Gasteiger partial charge in [0.15, 0.2) is 5.96 Å². The Hall–Kier alpha value is -3.25. The van der Waals surface area contributed by atoms with Crippen molar-refractivity contribution in [2.75, 3.05) is 31.6 Å². The minimum absolute atomic E-state index is 0.462. The summed E-state index contributed by atoms with van der Waals surface area (Å²) < 4.78 is 5.81. The first-order chi connectivity index (χ1) is 18.8. The van der Waals surface area contributed by atoms with Crippen LogP contribution in [0.2, 0.25) is 0 Å². The van der Waals surface area contributed by atoms with Crippen LogP contribution >= 0.6 is 0 Å². The van der Waals surface area contributed by atoms with Gasteiger partial charge in [-0.15, -0.1) is 0 Å². The molecule has 38 heavy (non-hydrogen) atoms. The number of nitrogens with one attached hydrogen (secondary N) is 2. The van der Waals surface area contributed by atoms with E-state index in [1.165, 1.54) is 48.9 Å². The van der Waals surface area contributed by atoms with Crippen LogP contribution in [-0.2, 0) is 24.0 Å². The van der Waals surface area contributed by atoms with E-state index >= 15 is 0 Å². The lowest BCUT2D eigenvalue weighted by atomic mass is 9.88. The number of ether oxygens (including phenoxy) is 1. The second-order valence-corrected chi connectivity index (χ2v) is 10.3. The van der Waals surface area contributed by atoms with Gasteiger partial charge in [-0.25, -0.2) is 9.97 Å². The number of hydrogen-bond donors (Lipinski definition) is 2. The van der Waals surface area contributed by atoms with Crippen LogP contribution in [0.4, 0.5) is 5.69 Å². The van der Waals surface area contributed by atoms with Gasteiger partial charge >= 0.3 is 0 Å². The molecule has 2 N–H and O–H groups in total. The predicted molar refractivity (Wildman–Crippen MR) is 156 cm³/mol. The highest BCUT2D eigenvalue weighted by Crippen LogP contribution is 2.34. The quantitative estimate of drug-likeness (QED) is 0.295. The Morgan fingerprint density at radius 3 is 2.47 bits per heavy atom. The lowest BCUT2D eigenvalue weighted by Crippen LogP contribution is -2.26. The largest absolute Gasteiger partial charge is 0.381 e. The van der Waals surface area contributed by atoms with Crippen LogP contribution in [0.1, 0.15) is 74.0 Å². The third-order valence-corrected chi connectivity index (χ3v) is 7.60. The van der Waals surface area contributed by atoms with Crippen molar-refractivity contribution in [3.63, 3.8) is 0 Å². The summed E-state index contributed by atoms with van der Waals surface area (Å²) in [5.74, 6) is 2.35. The molecule has 0 atom stereocenters. The van der Waals surface area contributed by atoms with Gasteiger partial charge in [0.05, 0.1) is 18.8 Å². The molecule has 1 aliphatic heterocycles. The molecule has 0 bridgehead atoms. The number of anilines is 1. The molecule has 0 unspecified atom stereocenters. The van der Waals surface area contributed by atoms with E-state index in [-0.39, 0.29) is 0 Å². The highest BCUT2D eigenvalue weighted by atomic mass is 16.5. The Labute approximate surface area is 227 Å². The first kappa shape index (κ1) is 26.4. The van der Waals surface area contributed by atoms with E-state index in [1.807, 2.05) is 0 Å². The number of nitrogens with zero attached hydrogens (tertiary/aromatic N) is 3. The van der Waals surface area contributed by atoms with E-state index in [4.69, 9.17) is 14.7 Å². The fourth-order valence-corrected chi connectivity index (χ4v) is 5.55. The van der Waals surface area contributed by atoms with Crippen molar-refractivity contribution in [3.8, 4) is 11.3 Å². The van der Waals surface area contributed by atoms with E-state index in [0.29, 0.717) is 12.5 Å². The maximum Gasteiger partial charge on any atom is 0.195 e. The molecule has 1 aliphatic carbocycles. The highest BCUT2D eigenvalue weighted by molar-refractivity contribution is 5.94. The topological polar surface area (TPSA) is 71.4 Å². The number of aryl methyl sites for hydroxylation is 2. The first-order valence-electron chi connectivity index (χ1n) is 14.5. The van der Waals surface area contributed by atoms with Crippen molar-refractivity contribution in [2.24, 2.45) is 4.99 Å². The Morgan fingerprint density at radius 1 is 0.921 bits per heavy atom. The van der Waals surface area contributed by atoms with Gasteiger partial charge in [-0.3, -0.25) is 4.99 Å². The zero-order valence-corrected chi connectivity index (χ0v) is 22.7. The number of hydrogen-bond acceptors (Lipinski definition) is 6. The zero-order valence-electron chi connectivity index (χ0n) is 22.7. The summed E-state index contributed by atoms with van der Waals surface area (Å²) in [6, 6.07) is 19.4. The number of aliphatic imine (C=N–C) groups is 1. The molecule has 1 fully saturated rings. The third-order valence-electron chi connectivity index (χ3n) is 7.60. The number of rotatable bonds is 11. The molecule has 3 aromatic rings. The third kappa shape index (κ3) is 6.98. The van der Waals surface area contributed by atoms with Crippen LogP contribution in [-0.4, -0.2) is 42.2 Å². The molecular weight excluding hydrogens is 470 g/mol. The van der Waals surface area contributed by atoms with Crippen molar-refractivity contribution in [2.45, 2.75) is 70.6 Å². The van der Waals surface area contributed by atoms with Gasteiger partial charge in [0.25, 0.3) is 0 Å². The van der Waals surface area contributed by atoms with Gasteiger partial charge in [-0.2, -0.15) is 0 Å². The monoisotopic (exact) mass is 511 g/mol. The molecule has 2 aliphatic rings.